The molecular formula is C18H21BrFNO2. The number of Topliss-reactive ketones (excluding diaryl/α,β-unsaturated/α-hetero) is 1. The third-order valence-corrected chi connectivity index (χ3v) is 4.32. The number of halogens is 2. The lowest BCUT2D eigenvalue weighted by atomic mass is 9.68. The zero-order chi connectivity index (χ0) is 14.7. The molecule has 0 unspecified atom stereocenters. The largest absolute Gasteiger partial charge is 0.412 e. The van der Waals surface area contributed by atoms with E-state index in [1.807, 2.05) is 30.3 Å². The second kappa shape index (κ2) is 8.34. The van der Waals surface area contributed by atoms with Crippen LogP contribution in [-0.2, 0) is 5.41 Å². The predicted molar refractivity (Wildman–Crippen MR) is 94.9 cm³/mol. The van der Waals surface area contributed by atoms with Gasteiger partial charge in [0.1, 0.15) is 5.82 Å². The lowest BCUT2D eigenvalue weighted by Gasteiger charge is -2.37. The molecule has 0 radical (unpaired) electrons. The molecule has 124 valence electrons. The molecule has 0 aliphatic carbocycles. The minimum absolute atomic E-state index is 0. The normalized spacial score (nSPS) is 15.9. The molecule has 2 aromatic rings. The minimum atomic E-state index is -0.496. The maximum absolute atomic E-state index is 13.1. The number of rotatable bonds is 3. The van der Waals surface area contributed by atoms with E-state index in [1.54, 1.807) is 12.1 Å². The van der Waals surface area contributed by atoms with E-state index in [9.17, 15) is 9.18 Å². The molecule has 2 aromatic carbocycles. The fourth-order valence-electron chi connectivity index (χ4n) is 3.14. The first-order valence-electron chi connectivity index (χ1n) is 7.29. The first-order chi connectivity index (χ1) is 10.2. The molecule has 1 saturated heterocycles. The van der Waals surface area contributed by atoms with Crippen molar-refractivity contribution in [1.29, 1.82) is 0 Å². The molecule has 0 atom stereocenters. The van der Waals surface area contributed by atoms with Crippen LogP contribution in [0.15, 0.2) is 54.6 Å². The lowest BCUT2D eigenvalue weighted by Crippen LogP contribution is -2.45. The van der Waals surface area contributed by atoms with Crippen molar-refractivity contribution in [2.45, 2.75) is 18.3 Å². The fourth-order valence-corrected chi connectivity index (χ4v) is 3.14. The van der Waals surface area contributed by atoms with Crippen molar-refractivity contribution in [2.75, 3.05) is 13.1 Å². The Labute approximate surface area is 146 Å². The number of piperidine rings is 1. The van der Waals surface area contributed by atoms with E-state index in [0.29, 0.717) is 5.56 Å². The van der Waals surface area contributed by atoms with Crippen molar-refractivity contribution >= 4 is 22.8 Å². The number of hydrogen-bond acceptors (Lipinski definition) is 2. The smallest absolute Gasteiger partial charge is 0.173 e. The van der Waals surface area contributed by atoms with Gasteiger partial charge in [-0.2, -0.15) is 0 Å². The van der Waals surface area contributed by atoms with Gasteiger partial charge in [-0.05, 0) is 55.8 Å². The van der Waals surface area contributed by atoms with E-state index in [-0.39, 0.29) is 34.1 Å². The predicted octanol–water partition coefficient (Wildman–Crippen LogP) is 3.08. The van der Waals surface area contributed by atoms with Crippen LogP contribution in [0.5, 0.6) is 0 Å². The zero-order valence-corrected chi connectivity index (χ0v) is 14.4. The van der Waals surface area contributed by atoms with Gasteiger partial charge in [0.25, 0.3) is 0 Å². The van der Waals surface area contributed by atoms with Gasteiger partial charge in [0.2, 0.25) is 0 Å². The molecule has 0 amide bonds. The highest BCUT2D eigenvalue weighted by Crippen LogP contribution is 2.36. The standard InChI is InChI=1S/C18H18FNO.BrH.H2O/c19-16-8-6-14(7-9-16)17(21)18(10-12-20-13-11-18)15-4-2-1-3-5-15;;/h1-9,20H,10-13H2;1H;1H2. The summed E-state index contributed by atoms with van der Waals surface area (Å²) < 4.78 is 13.1. The molecule has 1 aliphatic heterocycles. The first kappa shape index (κ1) is 19.5. The van der Waals surface area contributed by atoms with Crippen LogP contribution in [0, 0.1) is 5.82 Å². The summed E-state index contributed by atoms with van der Waals surface area (Å²) in [7, 11) is 0. The van der Waals surface area contributed by atoms with E-state index in [1.165, 1.54) is 12.1 Å². The summed E-state index contributed by atoms with van der Waals surface area (Å²) in [5, 5.41) is 3.31. The third kappa shape index (κ3) is 3.86. The molecule has 5 heteroatoms. The lowest BCUT2D eigenvalue weighted by molar-refractivity contribution is 0.0847. The monoisotopic (exact) mass is 381 g/mol. The van der Waals surface area contributed by atoms with Crippen LogP contribution >= 0.6 is 17.0 Å². The molecule has 3 N–H and O–H groups in total. The van der Waals surface area contributed by atoms with Gasteiger partial charge >= 0.3 is 0 Å². The summed E-state index contributed by atoms with van der Waals surface area (Å²) in [4.78, 5) is 13.1. The van der Waals surface area contributed by atoms with Crippen molar-refractivity contribution in [3.05, 3.63) is 71.5 Å². The maximum Gasteiger partial charge on any atom is 0.173 e. The number of carbonyl (C=O) groups excluding carboxylic acids is 1. The molecule has 3 nitrogen and oxygen atoms in total. The molecule has 0 spiro atoms. The van der Waals surface area contributed by atoms with Gasteiger partial charge < -0.3 is 10.8 Å². The Morgan fingerprint density at radius 1 is 0.957 bits per heavy atom. The van der Waals surface area contributed by atoms with Gasteiger partial charge in [-0.25, -0.2) is 4.39 Å². The Morgan fingerprint density at radius 2 is 1.52 bits per heavy atom. The molecular weight excluding hydrogens is 361 g/mol. The highest BCUT2D eigenvalue weighted by atomic mass is 79.9. The first-order valence-corrected chi connectivity index (χ1v) is 7.29. The van der Waals surface area contributed by atoms with Gasteiger partial charge in [0, 0.05) is 5.56 Å². The third-order valence-electron chi connectivity index (χ3n) is 4.32. The van der Waals surface area contributed by atoms with Crippen molar-refractivity contribution < 1.29 is 14.7 Å². The molecule has 1 fully saturated rings. The van der Waals surface area contributed by atoms with E-state index in [0.717, 1.165) is 31.5 Å². The van der Waals surface area contributed by atoms with Crippen molar-refractivity contribution in [2.24, 2.45) is 0 Å². The Morgan fingerprint density at radius 3 is 2.09 bits per heavy atom. The summed E-state index contributed by atoms with van der Waals surface area (Å²) in [6, 6.07) is 15.8. The van der Waals surface area contributed by atoms with E-state index in [2.05, 4.69) is 5.32 Å². The maximum atomic E-state index is 13.1. The fraction of sp³-hybridized carbons (Fsp3) is 0.278. The van der Waals surface area contributed by atoms with Gasteiger partial charge in [0.05, 0.1) is 5.41 Å². The van der Waals surface area contributed by atoms with E-state index in [4.69, 9.17) is 0 Å². The van der Waals surface area contributed by atoms with Gasteiger partial charge in [-0.15, -0.1) is 17.0 Å². The van der Waals surface area contributed by atoms with Crippen molar-refractivity contribution in [3.63, 3.8) is 0 Å². The second-order valence-corrected chi connectivity index (χ2v) is 5.53. The van der Waals surface area contributed by atoms with Crippen LogP contribution in [0.3, 0.4) is 0 Å². The highest BCUT2D eigenvalue weighted by molar-refractivity contribution is 8.93. The van der Waals surface area contributed by atoms with Crippen LogP contribution in [0.25, 0.3) is 0 Å². The molecule has 1 heterocycles. The Hall–Kier alpha value is -1.56. The molecule has 0 aromatic heterocycles. The van der Waals surface area contributed by atoms with Gasteiger partial charge in [0.15, 0.2) is 5.78 Å². The van der Waals surface area contributed by atoms with Crippen molar-refractivity contribution in [3.8, 4) is 0 Å². The Kier molecular flexibility index (Phi) is 7.06. The average molecular weight is 382 g/mol. The molecule has 23 heavy (non-hydrogen) atoms. The summed E-state index contributed by atoms with van der Waals surface area (Å²) in [6.45, 7) is 1.64. The number of nitrogens with one attached hydrogen (secondary N) is 1. The Bertz CT molecular complexity index is 625. The second-order valence-electron chi connectivity index (χ2n) is 5.53. The van der Waals surface area contributed by atoms with Gasteiger partial charge in [-0.3, -0.25) is 4.79 Å². The number of hydrogen-bond donors (Lipinski definition) is 1. The molecule has 0 saturated carbocycles. The van der Waals surface area contributed by atoms with E-state index >= 15 is 0 Å². The quantitative estimate of drug-likeness (QED) is 0.830. The topological polar surface area (TPSA) is 60.6 Å². The average Bonchev–Trinajstić information content (AvgIpc) is 2.56. The SMILES string of the molecule is Br.O.O=C(c1ccc(F)cc1)C1(c2ccccc2)CCNCC1. The van der Waals surface area contributed by atoms with Crippen LogP contribution in [0.2, 0.25) is 0 Å². The van der Waals surface area contributed by atoms with Crippen LogP contribution < -0.4 is 5.32 Å². The summed E-state index contributed by atoms with van der Waals surface area (Å²) in [6.07, 6.45) is 1.54. The number of benzene rings is 2. The summed E-state index contributed by atoms with van der Waals surface area (Å²) in [5.41, 5.74) is 1.15. The van der Waals surface area contributed by atoms with Crippen molar-refractivity contribution in [1.82, 2.24) is 5.32 Å². The Balaban J connectivity index is 0.00000132. The summed E-state index contributed by atoms with van der Waals surface area (Å²) >= 11 is 0. The molecule has 1 aliphatic rings. The molecule has 0 bridgehead atoms. The van der Waals surface area contributed by atoms with E-state index < -0.39 is 5.41 Å². The van der Waals surface area contributed by atoms with Crippen LogP contribution in [0.4, 0.5) is 4.39 Å². The summed E-state index contributed by atoms with van der Waals surface area (Å²) in [5.74, 6) is -0.221. The van der Waals surface area contributed by atoms with Crippen LogP contribution in [0.1, 0.15) is 28.8 Å². The number of ketones is 1. The highest BCUT2D eigenvalue weighted by Gasteiger charge is 2.41. The number of carbonyl (C=O) groups is 1. The van der Waals surface area contributed by atoms with Crippen LogP contribution in [-0.4, -0.2) is 24.3 Å². The molecule has 3 rings (SSSR count). The minimum Gasteiger partial charge on any atom is -0.412 e. The van der Waals surface area contributed by atoms with Gasteiger partial charge in [-0.1, -0.05) is 30.3 Å². The zero-order valence-electron chi connectivity index (χ0n) is 12.7.